The lowest BCUT2D eigenvalue weighted by atomic mass is 10.1. The minimum Gasteiger partial charge on any atom is -0.480 e. The number of rotatable bonds is 11. The highest BCUT2D eigenvalue weighted by Crippen LogP contribution is 2.03. The van der Waals surface area contributed by atoms with Crippen LogP contribution >= 0.6 is 0 Å². The number of carboxylic acids is 1. The number of aliphatic carboxylic acids is 1. The molecule has 0 fully saturated rings. The average molecular weight is 363 g/mol. The van der Waals surface area contributed by atoms with E-state index in [1.165, 1.54) is 0 Å². The first-order valence-corrected chi connectivity index (χ1v) is 9.06. The van der Waals surface area contributed by atoms with E-state index in [0.717, 1.165) is 24.8 Å². The molecule has 1 rings (SSSR count). The summed E-state index contributed by atoms with van der Waals surface area (Å²) in [6.07, 6.45) is 3.52. The Morgan fingerprint density at radius 3 is 2.19 bits per heavy atom. The third-order valence-electron chi connectivity index (χ3n) is 3.92. The zero-order valence-electron chi connectivity index (χ0n) is 15.5. The molecule has 0 unspecified atom stereocenters. The van der Waals surface area contributed by atoms with Gasteiger partial charge in [-0.2, -0.15) is 0 Å². The lowest BCUT2D eigenvalue weighted by molar-refractivity contribution is -0.139. The molecule has 0 bridgehead atoms. The van der Waals surface area contributed by atoms with Gasteiger partial charge < -0.3 is 21.1 Å². The predicted molar refractivity (Wildman–Crippen MR) is 100 cm³/mol. The highest BCUT2D eigenvalue weighted by molar-refractivity contribution is 5.94. The minimum absolute atomic E-state index is 0.0851. The van der Waals surface area contributed by atoms with Crippen LogP contribution in [0.1, 0.15) is 54.9 Å². The van der Waals surface area contributed by atoms with Crippen LogP contribution < -0.4 is 16.0 Å². The topological polar surface area (TPSA) is 108 Å². The number of benzene rings is 1. The first kappa shape index (κ1) is 21.5. The van der Waals surface area contributed by atoms with Crippen molar-refractivity contribution in [2.75, 3.05) is 13.1 Å². The summed E-state index contributed by atoms with van der Waals surface area (Å²) >= 11 is 0. The summed E-state index contributed by atoms with van der Waals surface area (Å²) in [5, 5.41) is 17.0. The van der Waals surface area contributed by atoms with Gasteiger partial charge in [0.05, 0.1) is 0 Å². The van der Waals surface area contributed by atoms with Gasteiger partial charge >= 0.3 is 12.0 Å². The van der Waals surface area contributed by atoms with Gasteiger partial charge in [0.2, 0.25) is 0 Å². The van der Waals surface area contributed by atoms with E-state index in [0.29, 0.717) is 31.5 Å². The van der Waals surface area contributed by atoms with E-state index >= 15 is 0 Å². The van der Waals surface area contributed by atoms with Crippen molar-refractivity contribution in [1.82, 2.24) is 16.0 Å². The first-order valence-electron chi connectivity index (χ1n) is 9.06. The van der Waals surface area contributed by atoms with E-state index in [4.69, 9.17) is 5.11 Å². The standard InChI is InChI=1S/C19H29N3O4/c1-3-7-16(18(24)25)22-19(26)21-13-6-4-5-12-20-17(23)15-10-8-14(2)9-11-15/h8-11,16H,3-7,12-13H2,1-2H3,(H,20,23)(H,24,25)(H2,21,22,26)/t16-/m0/s1. The van der Waals surface area contributed by atoms with Crippen molar-refractivity contribution >= 4 is 17.9 Å². The molecule has 1 aromatic carbocycles. The van der Waals surface area contributed by atoms with Crippen molar-refractivity contribution < 1.29 is 19.5 Å². The first-order chi connectivity index (χ1) is 12.4. The molecule has 7 nitrogen and oxygen atoms in total. The smallest absolute Gasteiger partial charge is 0.326 e. The Bertz CT molecular complexity index is 587. The van der Waals surface area contributed by atoms with Crippen LogP contribution in [0.5, 0.6) is 0 Å². The Kier molecular flexibility index (Phi) is 9.82. The Labute approximate surface area is 154 Å². The lowest BCUT2D eigenvalue weighted by Crippen LogP contribution is -2.46. The number of carbonyl (C=O) groups excluding carboxylic acids is 2. The van der Waals surface area contributed by atoms with Gasteiger partial charge in [-0.05, 0) is 44.7 Å². The number of carboxylic acid groups (broad SMARTS) is 1. The van der Waals surface area contributed by atoms with E-state index in [1.54, 1.807) is 12.1 Å². The molecule has 0 spiro atoms. The number of carbonyl (C=O) groups is 3. The normalized spacial score (nSPS) is 11.5. The Morgan fingerprint density at radius 2 is 1.62 bits per heavy atom. The Hall–Kier alpha value is -2.57. The highest BCUT2D eigenvalue weighted by Gasteiger charge is 2.18. The van der Waals surface area contributed by atoms with Crippen LogP contribution in [0.25, 0.3) is 0 Å². The van der Waals surface area contributed by atoms with Gasteiger partial charge in [0.25, 0.3) is 5.91 Å². The van der Waals surface area contributed by atoms with Crippen molar-refractivity contribution in [2.45, 2.75) is 52.0 Å². The van der Waals surface area contributed by atoms with Crippen LogP contribution in [-0.2, 0) is 4.79 Å². The van der Waals surface area contributed by atoms with E-state index in [-0.39, 0.29) is 5.91 Å². The third-order valence-corrected chi connectivity index (χ3v) is 3.92. The van der Waals surface area contributed by atoms with Crippen molar-refractivity contribution in [3.8, 4) is 0 Å². The third kappa shape index (κ3) is 8.50. The molecule has 3 amide bonds. The van der Waals surface area contributed by atoms with Gasteiger partial charge in [-0.1, -0.05) is 31.0 Å². The van der Waals surface area contributed by atoms with Crippen LogP contribution in [0.2, 0.25) is 0 Å². The molecule has 0 aliphatic heterocycles. The number of aryl methyl sites for hydroxylation is 1. The monoisotopic (exact) mass is 363 g/mol. The van der Waals surface area contributed by atoms with E-state index < -0.39 is 18.0 Å². The highest BCUT2D eigenvalue weighted by atomic mass is 16.4. The van der Waals surface area contributed by atoms with Crippen molar-refractivity contribution in [1.29, 1.82) is 0 Å². The molecule has 1 atom stereocenters. The summed E-state index contributed by atoms with van der Waals surface area (Å²) < 4.78 is 0. The largest absolute Gasteiger partial charge is 0.480 e. The van der Waals surface area contributed by atoms with E-state index in [9.17, 15) is 14.4 Å². The summed E-state index contributed by atoms with van der Waals surface area (Å²) in [4.78, 5) is 34.5. The van der Waals surface area contributed by atoms with Gasteiger partial charge in [0.15, 0.2) is 0 Å². The van der Waals surface area contributed by atoms with E-state index in [2.05, 4.69) is 16.0 Å². The number of nitrogens with one attached hydrogen (secondary N) is 3. The summed E-state index contributed by atoms with van der Waals surface area (Å²) in [6, 6.07) is 6.10. The second-order valence-corrected chi connectivity index (χ2v) is 6.26. The van der Waals surface area contributed by atoms with Crippen LogP contribution in [0.15, 0.2) is 24.3 Å². The van der Waals surface area contributed by atoms with Gasteiger partial charge in [-0.25, -0.2) is 9.59 Å². The fourth-order valence-corrected chi connectivity index (χ4v) is 2.39. The molecule has 26 heavy (non-hydrogen) atoms. The molecule has 0 saturated heterocycles. The van der Waals surface area contributed by atoms with Gasteiger partial charge in [0.1, 0.15) is 6.04 Å². The molecular formula is C19H29N3O4. The fraction of sp³-hybridized carbons (Fsp3) is 0.526. The molecule has 0 heterocycles. The van der Waals surface area contributed by atoms with Crippen LogP contribution in [0.3, 0.4) is 0 Å². The van der Waals surface area contributed by atoms with Crippen LogP contribution in [0, 0.1) is 6.92 Å². The number of unbranched alkanes of at least 4 members (excludes halogenated alkanes) is 2. The van der Waals surface area contributed by atoms with Crippen LogP contribution in [0.4, 0.5) is 4.79 Å². The zero-order chi connectivity index (χ0) is 19.4. The Balaban J connectivity index is 2.10. The molecule has 0 saturated carbocycles. The van der Waals surface area contributed by atoms with Crippen molar-refractivity contribution in [3.63, 3.8) is 0 Å². The summed E-state index contributed by atoms with van der Waals surface area (Å²) in [7, 11) is 0. The average Bonchev–Trinajstić information content (AvgIpc) is 2.60. The predicted octanol–water partition coefficient (Wildman–Crippen LogP) is 2.45. The van der Waals surface area contributed by atoms with Crippen molar-refractivity contribution in [3.05, 3.63) is 35.4 Å². The quantitative estimate of drug-likeness (QED) is 0.453. The number of urea groups is 1. The second-order valence-electron chi connectivity index (χ2n) is 6.26. The Morgan fingerprint density at radius 1 is 1.00 bits per heavy atom. The molecule has 7 heteroatoms. The molecule has 1 aromatic rings. The maximum absolute atomic E-state index is 11.9. The summed E-state index contributed by atoms with van der Waals surface area (Å²) in [6.45, 7) is 4.89. The zero-order valence-corrected chi connectivity index (χ0v) is 15.5. The number of amides is 3. The minimum atomic E-state index is -1.02. The molecule has 144 valence electrons. The number of hydrogen-bond acceptors (Lipinski definition) is 3. The second kappa shape index (κ2) is 11.9. The molecule has 0 aliphatic rings. The van der Waals surface area contributed by atoms with E-state index in [1.807, 2.05) is 26.0 Å². The van der Waals surface area contributed by atoms with Gasteiger partial charge in [-0.15, -0.1) is 0 Å². The fourth-order valence-electron chi connectivity index (χ4n) is 2.39. The lowest BCUT2D eigenvalue weighted by Gasteiger charge is -2.14. The molecule has 4 N–H and O–H groups in total. The van der Waals surface area contributed by atoms with Gasteiger partial charge in [-0.3, -0.25) is 4.79 Å². The molecule has 0 aromatic heterocycles. The molecular weight excluding hydrogens is 334 g/mol. The molecule has 0 aliphatic carbocycles. The summed E-state index contributed by atoms with van der Waals surface area (Å²) in [5.41, 5.74) is 1.76. The van der Waals surface area contributed by atoms with Crippen LogP contribution in [-0.4, -0.2) is 42.1 Å². The van der Waals surface area contributed by atoms with Gasteiger partial charge in [0, 0.05) is 18.7 Å². The maximum atomic E-state index is 11.9. The summed E-state index contributed by atoms with van der Waals surface area (Å²) in [5.74, 6) is -1.11. The number of hydrogen-bond donors (Lipinski definition) is 4. The SMILES string of the molecule is CCC[C@H](NC(=O)NCCCCCNC(=O)c1ccc(C)cc1)C(=O)O. The van der Waals surface area contributed by atoms with Crippen molar-refractivity contribution in [2.24, 2.45) is 0 Å². The molecule has 0 radical (unpaired) electrons. The maximum Gasteiger partial charge on any atom is 0.326 e.